The number of rotatable bonds is 0. The fourth-order valence-electron chi connectivity index (χ4n) is 0.818. The van der Waals surface area contributed by atoms with Gasteiger partial charge in [-0.1, -0.05) is 19.2 Å². The van der Waals surface area contributed by atoms with Crippen molar-refractivity contribution in [1.82, 2.24) is 0 Å². The minimum atomic E-state index is 0. The van der Waals surface area contributed by atoms with Crippen LogP contribution in [0.4, 0.5) is 0 Å². The van der Waals surface area contributed by atoms with Gasteiger partial charge in [0.15, 0.2) is 0 Å². The molecular formula is C18H31SiTi-6. The van der Waals surface area contributed by atoms with E-state index in [0.29, 0.717) is 0 Å². The third-order valence-electron chi connectivity index (χ3n) is 1.43. The Balaban J connectivity index is -0.0000000346. The molecule has 0 bridgehead atoms. The van der Waals surface area contributed by atoms with Crippen molar-refractivity contribution in [1.29, 1.82) is 0 Å². The number of benzene rings is 1. The average Bonchev–Trinajstić information content (AvgIpc) is 2.78. The first-order chi connectivity index (χ1) is 7.31. The Kier molecular flexibility index (Phi) is 56.9. The van der Waals surface area contributed by atoms with Crippen molar-refractivity contribution in [2.45, 2.75) is 19.5 Å². The van der Waals surface area contributed by atoms with Crippen molar-refractivity contribution >= 4 is 9.52 Å². The van der Waals surface area contributed by atoms with E-state index < -0.39 is 0 Å². The zero-order valence-corrected chi connectivity index (χ0v) is 16.8. The smallest absolute Gasteiger partial charge is 0.0213 e. The van der Waals surface area contributed by atoms with Crippen LogP contribution in [0.2, 0.25) is 13.1 Å². The van der Waals surface area contributed by atoms with Crippen LogP contribution in [0.25, 0.3) is 0 Å². The van der Waals surface area contributed by atoms with Crippen LogP contribution in [0.15, 0.2) is 48.6 Å². The molecule has 1 aliphatic rings. The van der Waals surface area contributed by atoms with Crippen LogP contribution in [-0.2, 0) is 21.7 Å². The normalized spacial score (nSPS) is 8.30. The molecule has 0 saturated carbocycles. The number of allylic oxidation sites excluding steroid dienone is 4. The first kappa shape index (κ1) is 36.6. The van der Waals surface area contributed by atoms with Gasteiger partial charge in [-0.25, -0.2) is 12.2 Å². The van der Waals surface area contributed by atoms with Crippen LogP contribution in [-0.4, -0.2) is 9.52 Å². The van der Waals surface area contributed by atoms with Gasteiger partial charge < -0.3 is 29.7 Å². The van der Waals surface area contributed by atoms with E-state index in [9.17, 15) is 0 Å². The largest absolute Gasteiger partial charge is 0.358 e. The van der Waals surface area contributed by atoms with E-state index in [1.165, 1.54) is 0 Å². The molecule has 0 aromatic heterocycles. The first-order valence-corrected chi connectivity index (χ1v) is 7.45. The average molecular weight is 323 g/mol. The minimum Gasteiger partial charge on any atom is -0.358 e. The maximum absolute atomic E-state index is 3.72. The minimum absolute atomic E-state index is 0. The van der Waals surface area contributed by atoms with Crippen LogP contribution in [0.1, 0.15) is 12.0 Å². The summed E-state index contributed by atoms with van der Waals surface area (Å²) in [5, 5.41) is 0. The maximum Gasteiger partial charge on any atom is 0.0213 e. The Morgan fingerprint density at radius 3 is 1.60 bits per heavy atom. The van der Waals surface area contributed by atoms with Crippen molar-refractivity contribution in [3.8, 4) is 0 Å². The van der Waals surface area contributed by atoms with Crippen LogP contribution in [0, 0.1) is 42.7 Å². The molecule has 0 atom stereocenters. The van der Waals surface area contributed by atoms with E-state index in [4.69, 9.17) is 0 Å². The molecule has 0 aliphatic heterocycles. The second kappa shape index (κ2) is 31.1. The van der Waals surface area contributed by atoms with Crippen LogP contribution >= 0.6 is 0 Å². The van der Waals surface area contributed by atoms with E-state index in [1.807, 2.05) is 42.5 Å². The van der Waals surface area contributed by atoms with Gasteiger partial charge in [0.1, 0.15) is 0 Å². The molecule has 1 aromatic carbocycles. The fourth-order valence-corrected chi connectivity index (χ4v) is 0.818. The van der Waals surface area contributed by atoms with E-state index in [1.54, 1.807) is 0 Å². The van der Waals surface area contributed by atoms with Gasteiger partial charge in [0.05, 0.1) is 0 Å². The second-order valence-corrected chi connectivity index (χ2v) is 4.22. The summed E-state index contributed by atoms with van der Waals surface area (Å²) in [5.41, 5.74) is 1.07. The third-order valence-corrected chi connectivity index (χ3v) is 1.43. The summed E-state index contributed by atoms with van der Waals surface area (Å²) in [4.78, 5) is 0. The summed E-state index contributed by atoms with van der Waals surface area (Å²) >= 11 is 0. The molecule has 0 amide bonds. The monoisotopic (exact) mass is 323 g/mol. The summed E-state index contributed by atoms with van der Waals surface area (Å²) in [7, 11) is 0.750. The number of hydrogen-bond acceptors (Lipinski definition) is 0. The van der Waals surface area contributed by atoms with E-state index in [-0.39, 0.29) is 51.4 Å². The van der Waals surface area contributed by atoms with Crippen molar-refractivity contribution in [3.05, 3.63) is 96.8 Å². The predicted octanol–water partition coefficient (Wildman–Crippen LogP) is 5.49. The molecule has 0 saturated heterocycles. The van der Waals surface area contributed by atoms with Crippen LogP contribution in [0.5, 0.6) is 0 Å². The molecule has 2 heteroatoms. The molecule has 0 spiro atoms. The molecule has 0 nitrogen and oxygen atoms in total. The fraction of sp³-hybridized carbons (Fsp3) is 0.167. The third kappa shape index (κ3) is 30.5. The Morgan fingerprint density at radius 1 is 1.00 bits per heavy atom. The maximum atomic E-state index is 3.72. The van der Waals surface area contributed by atoms with Gasteiger partial charge in [0, 0.05) is 31.2 Å². The van der Waals surface area contributed by atoms with E-state index >= 15 is 0 Å². The summed E-state index contributed by atoms with van der Waals surface area (Å²) in [6, 6.07) is 9.87. The molecule has 2 rings (SSSR count). The van der Waals surface area contributed by atoms with Gasteiger partial charge in [0.2, 0.25) is 0 Å². The molecule has 1 aromatic rings. The van der Waals surface area contributed by atoms with Crippen LogP contribution < -0.4 is 0 Å². The molecule has 0 heterocycles. The summed E-state index contributed by atoms with van der Waals surface area (Å²) < 4.78 is 0. The molecule has 1 radical (unpaired) electrons. The van der Waals surface area contributed by atoms with Gasteiger partial charge in [-0.3, -0.25) is 6.08 Å². The van der Waals surface area contributed by atoms with Crippen molar-refractivity contribution < 1.29 is 21.7 Å². The second-order valence-electron chi connectivity index (χ2n) is 3.07. The van der Waals surface area contributed by atoms with Crippen LogP contribution in [0.3, 0.4) is 0 Å². The standard InChI is InChI=1S/C7H7.C5H5.C2H7Si.4CH3.Ti/c1-7-5-3-2-4-6-7;1-2-4-5-3-1;1-3-2;;;;;/h2-6H,1H2;1-3H,4H2;3H,1-2H3;4*1H3;/q2*-1;;4*-1;. The Morgan fingerprint density at radius 2 is 1.45 bits per heavy atom. The van der Waals surface area contributed by atoms with Gasteiger partial charge in [0.25, 0.3) is 0 Å². The van der Waals surface area contributed by atoms with Gasteiger partial charge >= 0.3 is 0 Å². The Labute approximate surface area is 147 Å². The van der Waals surface area contributed by atoms with Crippen molar-refractivity contribution in [2.24, 2.45) is 0 Å². The molecule has 0 fully saturated rings. The molecule has 20 heavy (non-hydrogen) atoms. The van der Waals surface area contributed by atoms with Crippen molar-refractivity contribution in [2.75, 3.05) is 0 Å². The van der Waals surface area contributed by atoms with Gasteiger partial charge in [-0.05, 0) is 0 Å². The SMILES string of the molecule is C[SiH]C.[C-]1=CC=CC1.[CH2-]c1ccccc1.[CH3-].[CH3-].[CH3-].[CH3-].[Ti]. The summed E-state index contributed by atoms with van der Waals surface area (Å²) in [5.74, 6) is 0. The van der Waals surface area contributed by atoms with Gasteiger partial charge in [-0.15, -0.1) is 18.6 Å². The summed E-state index contributed by atoms with van der Waals surface area (Å²) in [6.07, 6.45) is 10.0. The summed E-state index contributed by atoms with van der Waals surface area (Å²) in [6.45, 7) is 8.14. The first-order valence-electron chi connectivity index (χ1n) is 5.14. The molecular weight excluding hydrogens is 292 g/mol. The quantitative estimate of drug-likeness (QED) is 0.437. The Hall–Kier alpha value is -0.499. The predicted molar refractivity (Wildman–Crippen MR) is 97.0 cm³/mol. The number of hydrogen-bond donors (Lipinski definition) is 0. The zero-order valence-electron chi connectivity index (χ0n) is 14.1. The van der Waals surface area contributed by atoms with Gasteiger partial charge in [-0.2, -0.15) is 30.7 Å². The molecule has 0 unspecified atom stereocenters. The van der Waals surface area contributed by atoms with E-state index in [0.717, 1.165) is 21.5 Å². The zero-order chi connectivity index (χ0) is 11.4. The molecule has 0 N–H and O–H groups in total. The Bertz CT molecular complexity index is 269. The van der Waals surface area contributed by atoms with E-state index in [2.05, 4.69) is 32.2 Å². The molecule has 117 valence electrons. The molecule has 1 aliphatic carbocycles. The van der Waals surface area contributed by atoms with Crippen molar-refractivity contribution in [3.63, 3.8) is 0 Å². The topological polar surface area (TPSA) is 0 Å².